The number of rotatable bonds is 1. The van der Waals surface area contributed by atoms with Crippen molar-refractivity contribution in [3.8, 4) is 0 Å². The van der Waals surface area contributed by atoms with Crippen LogP contribution in [0.25, 0.3) is 0 Å². The highest BCUT2D eigenvalue weighted by atomic mass is 15.3. The van der Waals surface area contributed by atoms with Crippen molar-refractivity contribution in [3.05, 3.63) is 12.4 Å². The van der Waals surface area contributed by atoms with Crippen molar-refractivity contribution >= 4 is 5.69 Å². The number of nitrogens with zero attached hydrogens (tertiary/aromatic N) is 2. The van der Waals surface area contributed by atoms with Gasteiger partial charge in [-0.2, -0.15) is 5.10 Å². The van der Waals surface area contributed by atoms with Crippen LogP contribution < -0.4 is 11.1 Å². The highest BCUT2D eigenvalue weighted by Gasteiger charge is 2.13. The third-order valence-corrected chi connectivity index (χ3v) is 2.54. The summed E-state index contributed by atoms with van der Waals surface area (Å²) in [5.41, 5.74) is 6.39. The van der Waals surface area contributed by atoms with Crippen LogP contribution in [-0.2, 0) is 0 Å². The Morgan fingerprint density at radius 1 is 1.46 bits per heavy atom. The maximum absolute atomic E-state index is 5.63. The average molecular weight is 180 g/mol. The Balaban J connectivity index is 2.06. The van der Waals surface area contributed by atoms with E-state index >= 15 is 0 Å². The third kappa shape index (κ3) is 2.01. The van der Waals surface area contributed by atoms with Gasteiger partial charge in [-0.15, -0.1) is 0 Å². The molecule has 2 rings (SSSR count). The standard InChI is InChI=1S/C9H16N4/c10-8-6-12-13(7-8)9-2-1-4-11-5-3-9/h6-7,9,11H,1-5,10H2/t9-/m0/s1. The van der Waals surface area contributed by atoms with Crippen LogP contribution in [0.4, 0.5) is 5.69 Å². The summed E-state index contributed by atoms with van der Waals surface area (Å²) in [4.78, 5) is 0. The number of aromatic nitrogens is 2. The fourth-order valence-electron chi connectivity index (χ4n) is 1.82. The van der Waals surface area contributed by atoms with Gasteiger partial charge in [0.05, 0.1) is 17.9 Å². The van der Waals surface area contributed by atoms with Gasteiger partial charge in [-0.25, -0.2) is 0 Å². The van der Waals surface area contributed by atoms with Gasteiger partial charge in [-0.05, 0) is 32.4 Å². The molecule has 4 nitrogen and oxygen atoms in total. The van der Waals surface area contributed by atoms with Crippen molar-refractivity contribution in [1.82, 2.24) is 15.1 Å². The molecule has 0 spiro atoms. The van der Waals surface area contributed by atoms with Gasteiger partial charge in [0.1, 0.15) is 0 Å². The first-order chi connectivity index (χ1) is 6.36. The van der Waals surface area contributed by atoms with E-state index in [0.717, 1.165) is 25.2 Å². The SMILES string of the molecule is Nc1cnn([C@H]2CCCNCC2)c1. The van der Waals surface area contributed by atoms with Crippen molar-refractivity contribution in [2.45, 2.75) is 25.3 Å². The van der Waals surface area contributed by atoms with E-state index in [2.05, 4.69) is 10.4 Å². The van der Waals surface area contributed by atoms with Gasteiger partial charge in [-0.3, -0.25) is 4.68 Å². The summed E-state index contributed by atoms with van der Waals surface area (Å²) in [6, 6.07) is 0.535. The summed E-state index contributed by atoms with van der Waals surface area (Å²) in [7, 11) is 0. The van der Waals surface area contributed by atoms with Crippen molar-refractivity contribution in [2.75, 3.05) is 18.8 Å². The number of nitrogens with two attached hydrogens (primary N) is 1. The minimum Gasteiger partial charge on any atom is -0.396 e. The van der Waals surface area contributed by atoms with Crippen molar-refractivity contribution < 1.29 is 0 Å². The molecule has 1 aromatic heterocycles. The smallest absolute Gasteiger partial charge is 0.0719 e. The predicted molar refractivity (Wildman–Crippen MR) is 52.4 cm³/mol. The Labute approximate surface area is 78.1 Å². The van der Waals surface area contributed by atoms with Gasteiger partial charge < -0.3 is 11.1 Å². The number of hydrogen-bond acceptors (Lipinski definition) is 3. The molecule has 13 heavy (non-hydrogen) atoms. The molecule has 0 unspecified atom stereocenters. The Morgan fingerprint density at radius 2 is 2.38 bits per heavy atom. The molecule has 1 aliphatic heterocycles. The Bertz CT molecular complexity index is 260. The molecule has 0 saturated carbocycles. The lowest BCUT2D eigenvalue weighted by Crippen LogP contribution is -2.15. The molecule has 1 aromatic rings. The van der Waals surface area contributed by atoms with Gasteiger partial charge in [0.15, 0.2) is 0 Å². The van der Waals surface area contributed by atoms with Crippen LogP contribution in [0, 0.1) is 0 Å². The molecule has 72 valence electrons. The van der Waals surface area contributed by atoms with Crippen molar-refractivity contribution in [3.63, 3.8) is 0 Å². The lowest BCUT2D eigenvalue weighted by atomic mass is 10.1. The number of nitrogen functional groups attached to an aromatic ring is 1. The molecule has 4 heteroatoms. The van der Waals surface area contributed by atoms with Crippen LogP contribution in [0.1, 0.15) is 25.3 Å². The molecule has 0 radical (unpaired) electrons. The maximum Gasteiger partial charge on any atom is 0.0719 e. The Morgan fingerprint density at radius 3 is 3.15 bits per heavy atom. The van der Waals surface area contributed by atoms with Crippen molar-refractivity contribution in [1.29, 1.82) is 0 Å². The van der Waals surface area contributed by atoms with E-state index in [1.54, 1.807) is 6.20 Å². The number of nitrogens with one attached hydrogen (secondary N) is 1. The summed E-state index contributed by atoms with van der Waals surface area (Å²) in [5.74, 6) is 0. The molecular weight excluding hydrogens is 164 g/mol. The molecule has 1 saturated heterocycles. The van der Waals surface area contributed by atoms with Gasteiger partial charge in [0, 0.05) is 6.20 Å². The molecule has 3 N–H and O–H groups in total. The average Bonchev–Trinajstić information content (AvgIpc) is 2.43. The predicted octanol–water partition coefficient (Wildman–Crippen LogP) is 0.780. The molecule has 1 aliphatic rings. The minimum absolute atomic E-state index is 0.535. The van der Waals surface area contributed by atoms with Gasteiger partial charge in [0.2, 0.25) is 0 Å². The second-order valence-corrected chi connectivity index (χ2v) is 3.59. The Kier molecular flexibility index (Phi) is 2.49. The van der Waals surface area contributed by atoms with Gasteiger partial charge in [-0.1, -0.05) is 0 Å². The summed E-state index contributed by atoms with van der Waals surface area (Å²) in [6.45, 7) is 2.22. The third-order valence-electron chi connectivity index (χ3n) is 2.54. The Hall–Kier alpha value is -1.03. The monoisotopic (exact) mass is 180 g/mol. The first kappa shape index (κ1) is 8.56. The van der Waals surface area contributed by atoms with Crippen LogP contribution in [-0.4, -0.2) is 22.9 Å². The lowest BCUT2D eigenvalue weighted by Gasteiger charge is -2.13. The molecule has 0 aromatic carbocycles. The number of hydrogen-bond donors (Lipinski definition) is 2. The molecule has 0 aliphatic carbocycles. The lowest BCUT2D eigenvalue weighted by molar-refractivity contribution is 0.414. The van der Waals surface area contributed by atoms with E-state index < -0.39 is 0 Å². The van der Waals surface area contributed by atoms with Crippen LogP contribution in [0.5, 0.6) is 0 Å². The second-order valence-electron chi connectivity index (χ2n) is 3.59. The summed E-state index contributed by atoms with van der Waals surface area (Å²) >= 11 is 0. The highest BCUT2D eigenvalue weighted by molar-refractivity contribution is 5.30. The van der Waals surface area contributed by atoms with Crippen LogP contribution in [0.2, 0.25) is 0 Å². The normalized spacial score (nSPS) is 24.2. The van der Waals surface area contributed by atoms with Crippen LogP contribution in [0.15, 0.2) is 12.4 Å². The van der Waals surface area contributed by atoms with Gasteiger partial charge in [0.25, 0.3) is 0 Å². The summed E-state index contributed by atoms with van der Waals surface area (Å²) < 4.78 is 2.00. The molecular formula is C9H16N4. The summed E-state index contributed by atoms with van der Waals surface area (Å²) in [5, 5.41) is 7.63. The zero-order valence-corrected chi connectivity index (χ0v) is 7.74. The molecule has 2 heterocycles. The fraction of sp³-hybridized carbons (Fsp3) is 0.667. The second kappa shape index (κ2) is 3.79. The van der Waals surface area contributed by atoms with E-state index in [-0.39, 0.29) is 0 Å². The zero-order chi connectivity index (χ0) is 9.10. The van der Waals surface area contributed by atoms with E-state index in [9.17, 15) is 0 Å². The van der Waals surface area contributed by atoms with Gasteiger partial charge >= 0.3 is 0 Å². The number of anilines is 1. The van der Waals surface area contributed by atoms with E-state index in [1.807, 2.05) is 10.9 Å². The molecule has 1 fully saturated rings. The molecule has 0 bridgehead atoms. The molecule has 0 amide bonds. The minimum atomic E-state index is 0.535. The summed E-state index contributed by atoms with van der Waals surface area (Å²) in [6.07, 6.45) is 7.23. The first-order valence-electron chi connectivity index (χ1n) is 4.86. The van der Waals surface area contributed by atoms with E-state index in [4.69, 9.17) is 5.73 Å². The first-order valence-corrected chi connectivity index (χ1v) is 4.86. The van der Waals surface area contributed by atoms with E-state index in [1.165, 1.54) is 12.8 Å². The van der Waals surface area contributed by atoms with Crippen LogP contribution >= 0.6 is 0 Å². The van der Waals surface area contributed by atoms with E-state index in [0.29, 0.717) is 6.04 Å². The maximum atomic E-state index is 5.63. The largest absolute Gasteiger partial charge is 0.396 e. The van der Waals surface area contributed by atoms with Crippen LogP contribution in [0.3, 0.4) is 0 Å². The van der Waals surface area contributed by atoms with Crippen molar-refractivity contribution in [2.24, 2.45) is 0 Å². The topological polar surface area (TPSA) is 55.9 Å². The quantitative estimate of drug-likeness (QED) is 0.671. The zero-order valence-electron chi connectivity index (χ0n) is 7.74. The highest BCUT2D eigenvalue weighted by Crippen LogP contribution is 2.19. The molecule has 1 atom stereocenters. The fourth-order valence-corrected chi connectivity index (χ4v) is 1.82.